The van der Waals surface area contributed by atoms with E-state index in [1.54, 1.807) is 13.8 Å². The van der Waals surface area contributed by atoms with Crippen LogP contribution in [0.1, 0.15) is 19.7 Å². The van der Waals surface area contributed by atoms with Crippen molar-refractivity contribution in [3.05, 3.63) is 79.7 Å². The van der Waals surface area contributed by atoms with E-state index in [1.165, 1.54) is 22.9 Å². The highest BCUT2D eigenvalue weighted by Gasteiger charge is 2.16. The quantitative estimate of drug-likeness (QED) is 0.594. The molecule has 0 spiro atoms. The summed E-state index contributed by atoms with van der Waals surface area (Å²) in [5.41, 5.74) is -0.0421. The van der Waals surface area contributed by atoms with Gasteiger partial charge in [0.1, 0.15) is 34.0 Å². The molecule has 140 valence electrons. The van der Waals surface area contributed by atoms with E-state index in [-0.39, 0.29) is 10.9 Å². The SMILES string of the molecule is [2H]C([2H])(Oc1cc(C)n(-c2cc(Cl)ncc2C)c(=O)c1Cl)c1ncc(F)cc1F. The summed E-state index contributed by atoms with van der Waals surface area (Å²) in [5, 5.41) is -0.267. The zero-order valence-electron chi connectivity index (χ0n) is 16.1. The average Bonchev–Trinajstić information content (AvgIpc) is 2.62. The molecule has 0 fully saturated rings. The fraction of sp³-hybridized carbons (Fsp3) is 0.167. The Morgan fingerprint density at radius 3 is 2.63 bits per heavy atom. The normalized spacial score (nSPS) is 12.5. The molecule has 0 aromatic carbocycles. The molecule has 0 radical (unpaired) electrons. The minimum atomic E-state index is -2.82. The van der Waals surface area contributed by atoms with Crippen LogP contribution in [0.15, 0.2) is 35.4 Å². The van der Waals surface area contributed by atoms with Crippen molar-refractivity contribution >= 4 is 23.2 Å². The summed E-state index contributed by atoms with van der Waals surface area (Å²) in [4.78, 5) is 20.2. The van der Waals surface area contributed by atoms with Gasteiger partial charge in [0.25, 0.3) is 5.56 Å². The van der Waals surface area contributed by atoms with Crippen LogP contribution in [0.3, 0.4) is 0 Å². The zero-order valence-corrected chi connectivity index (χ0v) is 15.6. The van der Waals surface area contributed by atoms with E-state index in [4.69, 9.17) is 30.7 Å². The number of hydrogen-bond donors (Lipinski definition) is 0. The molecule has 0 unspecified atom stereocenters. The lowest BCUT2D eigenvalue weighted by molar-refractivity contribution is 0.292. The molecule has 0 aliphatic rings. The summed E-state index contributed by atoms with van der Waals surface area (Å²) < 4.78 is 49.3. The molecule has 0 atom stereocenters. The number of hydrogen-bond acceptors (Lipinski definition) is 4. The maximum absolute atomic E-state index is 13.9. The second kappa shape index (κ2) is 7.62. The summed E-state index contributed by atoms with van der Waals surface area (Å²) in [7, 11) is 0. The van der Waals surface area contributed by atoms with Gasteiger partial charge in [-0.25, -0.2) is 13.8 Å². The van der Waals surface area contributed by atoms with Crippen LogP contribution in [0.5, 0.6) is 5.75 Å². The van der Waals surface area contributed by atoms with Gasteiger partial charge in [-0.15, -0.1) is 0 Å². The molecule has 0 bridgehead atoms. The smallest absolute Gasteiger partial charge is 0.277 e. The van der Waals surface area contributed by atoms with Gasteiger partial charge in [-0.3, -0.25) is 14.3 Å². The van der Waals surface area contributed by atoms with Gasteiger partial charge in [0.05, 0.1) is 14.6 Å². The van der Waals surface area contributed by atoms with Crippen LogP contribution in [0, 0.1) is 25.5 Å². The van der Waals surface area contributed by atoms with Crippen LogP contribution in [-0.4, -0.2) is 14.5 Å². The molecule has 27 heavy (non-hydrogen) atoms. The Labute approximate surface area is 166 Å². The van der Waals surface area contributed by atoms with Gasteiger partial charge in [0.15, 0.2) is 5.82 Å². The highest BCUT2D eigenvalue weighted by molar-refractivity contribution is 6.32. The molecule has 3 heterocycles. The first kappa shape index (κ1) is 16.6. The molecule has 3 aromatic heterocycles. The van der Waals surface area contributed by atoms with E-state index < -0.39 is 34.5 Å². The Bertz CT molecular complexity index is 1170. The third kappa shape index (κ3) is 3.94. The number of halogens is 4. The summed E-state index contributed by atoms with van der Waals surface area (Å²) in [6.07, 6.45) is 2.14. The van der Waals surface area contributed by atoms with Crippen molar-refractivity contribution < 1.29 is 16.3 Å². The van der Waals surface area contributed by atoms with Crippen LogP contribution in [-0.2, 0) is 6.56 Å². The first-order valence-electron chi connectivity index (χ1n) is 8.56. The number of nitrogens with zero attached hydrogens (tertiary/aromatic N) is 3. The third-order valence-electron chi connectivity index (χ3n) is 3.65. The molecule has 3 aromatic rings. The number of pyridine rings is 3. The van der Waals surface area contributed by atoms with E-state index in [9.17, 15) is 13.6 Å². The highest BCUT2D eigenvalue weighted by atomic mass is 35.5. The van der Waals surface area contributed by atoms with E-state index >= 15 is 0 Å². The van der Waals surface area contributed by atoms with Gasteiger partial charge in [0.2, 0.25) is 0 Å². The van der Waals surface area contributed by atoms with Crippen molar-refractivity contribution in [2.24, 2.45) is 0 Å². The Morgan fingerprint density at radius 1 is 1.19 bits per heavy atom. The monoisotopic (exact) mass is 413 g/mol. The Morgan fingerprint density at radius 2 is 1.93 bits per heavy atom. The van der Waals surface area contributed by atoms with Crippen LogP contribution in [0.2, 0.25) is 10.2 Å². The average molecular weight is 414 g/mol. The zero-order chi connectivity index (χ0) is 21.5. The number of aryl methyl sites for hydroxylation is 2. The predicted octanol–water partition coefficient (Wildman–Crippen LogP) is 4.41. The summed E-state index contributed by atoms with van der Waals surface area (Å²) >= 11 is 12.0. The molecule has 9 heteroatoms. The topological polar surface area (TPSA) is 57.0 Å². The van der Waals surface area contributed by atoms with Gasteiger partial charge >= 0.3 is 0 Å². The second-order valence-electron chi connectivity index (χ2n) is 5.59. The van der Waals surface area contributed by atoms with E-state index in [1.807, 2.05) is 0 Å². The molecule has 0 aliphatic carbocycles. The molecule has 5 nitrogen and oxygen atoms in total. The van der Waals surface area contributed by atoms with Crippen molar-refractivity contribution in [3.8, 4) is 11.4 Å². The molecule has 3 rings (SSSR count). The Kier molecular flexibility index (Phi) is 4.70. The minimum Gasteiger partial charge on any atom is -0.485 e. The minimum absolute atomic E-state index is 0.169. The summed E-state index contributed by atoms with van der Waals surface area (Å²) in [6, 6.07) is 3.28. The number of rotatable bonds is 4. The summed E-state index contributed by atoms with van der Waals surface area (Å²) in [6.45, 7) is 0.484. The van der Waals surface area contributed by atoms with Crippen molar-refractivity contribution in [1.29, 1.82) is 0 Å². The van der Waals surface area contributed by atoms with Crippen LogP contribution in [0.25, 0.3) is 5.69 Å². The lowest BCUT2D eigenvalue weighted by atomic mass is 10.2. The fourth-order valence-corrected chi connectivity index (χ4v) is 2.71. The lowest BCUT2D eigenvalue weighted by Crippen LogP contribution is -2.22. The van der Waals surface area contributed by atoms with E-state index in [2.05, 4.69) is 9.97 Å². The molecule has 0 saturated heterocycles. The standard InChI is InChI=1S/C18H13Cl2F2N3O2/c1-9-6-24-16(19)5-14(9)25-10(2)3-15(17(20)18(25)26)27-8-13-12(22)4-11(21)7-23-13/h3-7H,8H2,1-2H3/i8D2. The maximum Gasteiger partial charge on any atom is 0.277 e. The fourth-order valence-electron chi connectivity index (χ4n) is 2.38. The number of ether oxygens (including phenoxy) is 1. The van der Waals surface area contributed by atoms with Gasteiger partial charge in [-0.1, -0.05) is 23.2 Å². The van der Waals surface area contributed by atoms with E-state index in [0.29, 0.717) is 29.2 Å². The van der Waals surface area contributed by atoms with Crippen molar-refractivity contribution in [3.63, 3.8) is 0 Å². The Balaban J connectivity index is 2.09. The van der Waals surface area contributed by atoms with Gasteiger partial charge in [0, 0.05) is 24.0 Å². The van der Waals surface area contributed by atoms with Crippen molar-refractivity contribution in [1.82, 2.24) is 14.5 Å². The highest BCUT2D eigenvalue weighted by Crippen LogP contribution is 2.26. The van der Waals surface area contributed by atoms with E-state index in [0.717, 1.165) is 0 Å². The van der Waals surface area contributed by atoms with Crippen LogP contribution < -0.4 is 10.3 Å². The number of aromatic nitrogens is 3. The van der Waals surface area contributed by atoms with Crippen molar-refractivity contribution in [2.45, 2.75) is 20.4 Å². The van der Waals surface area contributed by atoms with Crippen LogP contribution >= 0.6 is 23.2 Å². The first-order valence-corrected chi connectivity index (χ1v) is 8.32. The van der Waals surface area contributed by atoms with Gasteiger partial charge < -0.3 is 4.74 Å². The second-order valence-corrected chi connectivity index (χ2v) is 6.35. The summed E-state index contributed by atoms with van der Waals surface area (Å²) in [5.74, 6) is -2.53. The van der Waals surface area contributed by atoms with Gasteiger partial charge in [-0.2, -0.15) is 0 Å². The van der Waals surface area contributed by atoms with Crippen LogP contribution in [0.4, 0.5) is 8.78 Å². The largest absolute Gasteiger partial charge is 0.485 e. The molecule has 0 N–H and O–H groups in total. The van der Waals surface area contributed by atoms with Gasteiger partial charge in [-0.05, 0) is 25.5 Å². The molecule has 0 saturated carbocycles. The Hall–Kier alpha value is -2.51. The first-order chi connectivity index (χ1) is 13.5. The maximum atomic E-state index is 13.9. The van der Waals surface area contributed by atoms with Crippen molar-refractivity contribution in [2.75, 3.05) is 0 Å². The molecule has 0 aliphatic heterocycles. The molecular formula is C18H13Cl2F2N3O2. The molecular weight excluding hydrogens is 399 g/mol. The third-order valence-corrected chi connectivity index (χ3v) is 4.20. The molecule has 0 amide bonds. The predicted molar refractivity (Wildman–Crippen MR) is 97.8 cm³/mol. The lowest BCUT2D eigenvalue weighted by Gasteiger charge is -2.16.